The first-order chi connectivity index (χ1) is 12.3. The van der Waals surface area contributed by atoms with Crippen LogP contribution < -0.4 is 10.2 Å². The Bertz CT molecular complexity index is 1010. The molecule has 0 atom stereocenters. The highest BCUT2D eigenvalue weighted by molar-refractivity contribution is 5.84. The molecule has 2 heterocycles. The minimum atomic E-state index is 0.716. The third-order valence-electron chi connectivity index (χ3n) is 3.98. The second-order valence-electron chi connectivity index (χ2n) is 5.75. The zero-order valence-corrected chi connectivity index (χ0v) is 14.1. The van der Waals surface area contributed by atoms with Gasteiger partial charge in [0.05, 0.1) is 12.8 Å². The molecule has 4 aromatic rings. The smallest absolute Gasteiger partial charge is 0.183 e. The molecule has 0 saturated heterocycles. The van der Waals surface area contributed by atoms with Gasteiger partial charge in [0, 0.05) is 17.3 Å². The Morgan fingerprint density at radius 1 is 0.920 bits per heavy atom. The van der Waals surface area contributed by atoms with Crippen LogP contribution >= 0.6 is 0 Å². The highest BCUT2D eigenvalue weighted by Crippen LogP contribution is 2.30. The minimum absolute atomic E-state index is 0.716. The second kappa shape index (κ2) is 6.28. The highest BCUT2D eigenvalue weighted by atomic mass is 16.5. The van der Waals surface area contributed by atoms with Crippen LogP contribution in [0.25, 0.3) is 22.6 Å². The lowest BCUT2D eigenvalue weighted by Crippen LogP contribution is -2.11. The van der Waals surface area contributed by atoms with Gasteiger partial charge < -0.3 is 4.74 Å². The maximum Gasteiger partial charge on any atom is 0.183 e. The van der Waals surface area contributed by atoms with Crippen molar-refractivity contribution in [3.63, 3.8) is 0 Å². The van der Waals surface area contributed by atoms with Gasteiger partial charge in [0.25, 0.3) is 0 Å². The van der Waals surface area contributed by atoms with Crippen molar-refractivity contribution in [2.45, 2.75) is 6.92 Å². The summed E-state index contributed by atoms with van der Waals surface area (Å²) in [5.74, 6) is 1.50. The van der Waals surface area contributed by atoms with Gasteiger partial charge in [-0.3, -0.25) is 5.43 Å². The summed E-state index contributed by atoms with van der Waals surface area (Å²) in [4.78, 5) is 9.49. The molecule has 2 aromatic heterocycles. The Balaban J connectivity index is 1.98. The molecule has 0 aliphatic carbocycles. The van der Waals surface area contributed by atoms with Gasteiger partial charge in [0.2, 0.25) is 0 Å². The number of anilines is 1. The minimum Gasteiger partial charge on any atom is -0.494 e. The fraction of sp³-hybridized carbons (Fsp3) is 0.100. The molecule has 4 rings (SSSR count). The molecule has 0 aliphatic rings. The van der Waals surface area contributed by atoms with E-state index >= 15 is 0 Å². The van der Waals surface area contributed by atoms with E-state index in [1.54, 1.807) is 7.11 Å². The Hall–Kier alpha value is -3.34. The van der Waals surface area contributed by atoms with Crippen LogP contribution in [0.5, 0.6) is 5.75 Å². The fourth-order valence-corrected chi connectivity index (χ4v) is 2.82. The number of nitrogens with zero attached hydrogens (tertiary/aromatic N) is 3. The number of benzene rings is 2. The van der Waals surface area contributed by atoms with Crippen LogP contribution in [-0.2, 0) is 0 Å². The molecule has 5 heteroatoms. The lowest BCUT2D eigenvalue weighted by Gasteiger charge is -2.12. The van der Waals surface area contributed by atoms with Gasteiger partial charge in [-0.2, -0.15) is 0 Å². The van der Waals surface area contributed by atoms with Crippen LogP contribution in [0.4, 0.5) is 5.69 Å². The number of para-hydroxylation sites is 1. The maximum absolute atomic E-state index is 5.52. The maximum atomic E-state index is 5.52. The summed E-state index contributed by atoms with van der Waals surface area (Å²) in [6.07, 6.45) is 0. The Morgan fingerprint density at radius 3 is 2.28 bits per heavy atom. The van der Waals surface area contributed by atoms with Gasteiger partial charge in [-0.1, -0.05) is 48.5 Å². The molecule has 5 nitrogen and oxygen atoms in total. The quantitative estimate of drug-likeness (QED) is 0.606. The van der Waals surface area contributed by atoms with Crippen molar-refractivity contribution in [1.29, 1.82) is 0 Å². The van der Waals surface area contributed by atoms with Gasteiger partial charge in [0.1, 0.15) is 5.75 Å². The first-order valence-corrected chi connectivity index (χ1v) is 8.08. The van der Waals surface area contributed by atoms with Crippen molar-refractivity contribution < 1.29 is 4.74 Å². The second-order valence-corrected chi connectivity index (χ2v) is 5.75. The number of aromatic nitrogens is 3. The molecule has 0 radical (unpaired) electrons. The van der Waals surface area contributed by atoms with Crippen molar-refractivity contribution >= 4 is 16.9 Å². The SMILES string of the molecule is COc1cc(C)nc2c1nc(-c1ccccc1)n2Nc1ccccc1. The Labute approximate surface area is 145 Å². The van der Waals surface area contributed by atoms with E-state index in [-0.39, 0.29) is 0 Å². The van der Waals surface area contributed by atoms with Gasteiger partial charge in [-0.15, -0.1) is 0 Å². The zero-order chi connectivity index (χ0) is 17.2. The number of aryl methyl sites for hydroxylation is 1. The van der Waals surface area contributed by atoms with E-state index in [0.29, 0.717) is 5.75 Å². The molecule has 2 aromatic carbocycles. The summed E-state index contributed by atoms with van der Waals surface area (Å²) >= 11 is 0. The van der Waals surface area contributed by atoms with Crippen molar-refractivity contribution in [2.75, 3.05) is 12.5 Å². The predicted molar refractivity (Wildman–Crippen MR) is 99.7 cm³/mol. The van der Waals surface area contributed by atoms with E-state index in [4.69, 9.17) is 9.72 Å². The molecular weight excluding hydrogens is 312 g/mol. The molecule has 0 aliphatic heterocycles. The average molecular weight is 330 g/mol. The lowest BCUT2D eigenvalue weighted by molar-refractivity contribution is 0.418. The van der Waals surface area contributed by atoms with Crippen molar-refractivity contribution in [1.82, 2.24) is 14.6 Å². The summed E-state index contributed by atoms with van der Waals surface area (Å²) in [5.41, 5.74) is 7.71. The first kappa shape index (κ1) is 15.2. The fourth-order valence-electron chi connectivity index (χ4n) is 2.82. The van der Waals surface area contributed by atoms with Crippen molar-refractivity contribution in [3.05, 3.63) is 72.4 Å². The topological polar surface area (TPSA) is 52.0 Å². The molecule has 0 saturated carbocycles. The zero-order valence-electron chi connectivity index (χ0n) is 14.1. The van der Waals surface area contributed by atoms with Crippen LogP contribution in [0.3, 0.4) is 0 Å². The van der Waals surface area contributed by atoms with Crippen LogP contribution in [0.1, 0.15) is 5.69 Å². The van der Waals surface area contributed by atoms with Crippen LogP contribution in [0, 0.1) is 6.92 Å². The molecule has 1 N–H and O–H groups in total. The number of ether oxygens (including phenoxy) is 1. The molecular formula is C20H18N4O. The molecule has 25 heavy (non-hydrogen) atoms. The van der Waals surface area contributed by atoms with E-state index in [9.17, 15) is 0 Å². The average Bonchev–Trinajstić information content (AvgIpc) is 3.01. The number of nitrogens with one attached hydrogen (secondary N) is 1. The van der Waals surface area contributed by atoms with E-state index < -0.39 is 0 Å². The number of hydrogen-bond acceptors (Lipinski definition) is 4. The number of pyridine rings is 1. The molecule has 0 fully saturated rings. The third kappa shape index (κ3) is 2.80. The van der Waals surface area contributed by atoms with Gasteiger partial charge >= 0.3 is 0 Å². The standard InChI is InChI=1S/C20H18N4O/c1-14-13-17(25-2)18-20(21-14)24(23-16-11-7-4-8-12-16)19(22-18)15-9-5-3-6-10-15/h3-13,23H,1-2H3. The highest BCUT2D eigenvalue weighted by Gasteiger charge is 2.18. The predicted octanol–water partition coefficient (Wildman–Crippen LogP) is 4.29. The normalized spacial score (nSPS) is 10.8. The Morgan fingerprint density at radius 2 is 1.60 bits per heavy atom. The monoisotopic (exact) mass is 330 g/mol. The summed E-state index contributed by atoms with van der Waals surface area (Å²) < 4.78 is 7.43. The van der Waals surface area contributed by atoms with Gasteiger partial charge in [-0.25, -0.2) is 14.6 Å². The van der Waals surface area contributed by atoms with Crippen LogP contribution in [0.2, 0.25) is 0 Å². The van der Waals surface area contributed by atoms with E-state index in [0.717, 1.165) is 33.9 Å². The van der Waals surface area contributed by atoms with E-state index in [2.05, 4.69) is 10.4 Å². The summed E-state index contributed by atoms with van der Waals surface area (Å²) in [5, 5.41) is 0. The summed E-state index contributed by atoms with van der Waals surface area (Å²) in [6, 6.07) is 21.9. The Kier molecular flexibility index (Phi) is 3.82. The van der Waals surface area contributed by atoms with Crippen molar-refractivity contribution in [2.24, 2.45) is 0 Å². The first-order valence-electron chi connectivity index (χ1n) is 8.08. The number of imidazole rings is 1. The number of rotatable bonds is 4. The number of methoxy groups -OCH3 is 1. The molecule has 124 valence electrons. The molecule has 0 unspecified atom stereocenters. The van der Waals surface area contributed by atoms with Gasteiger partial charge in [0.15, 0.2) is 17.0 Å². The molecule has 0 amide bonds. The van der Waals surface area contributed by atoms with E-state index in [1.165, 1.54) is 0 Å². The van der Waals surface area contributed by atoms with E-state index in [1.807, 2.05) is 78.3 Å². The van der Waals surface area contributed by atoms with Gasteiger partial charge in [-0.05, 0) is 19.1 Å². The molecule has 0 spiro atoms. The summed E-state index contributed by atoms with van der Waals surface area (Å²) in [6.45, 7) is 1.95. The summed E-state index contributed by atoms with van der Waals surface area (Å²) in [7, 11) is 1.65. The third-order valence-corrected chi connectivity index (χ3v) is 3.98. The van der Waals surface area contributed by atoms with Crippen LogP contribution in [-0.4, -0.2) is 21.8 Å². The van der Waals surface area contributed by atoms with Crippen molar-refractivity contribution in [3.8, 4) is 17.1 Å². The largest absolute Gasteiger partial charge is 0.494 e. The van der Waals surface area contributed by atoms with Crippen LogP contribution in [0.15, 0.2) is 66.7 Å². The lowest BCUT2D eigenvalue weighted by atomic mass is 10.2. The number of fused-ring (bicyclic) bond motifs is 1. The molecule has 0 bridgehead atoms. The number of hydrogen-bond donors (Lipinski definition) is 1.